The number of ether oxygens (including phenoxy) is 1. The number of aromatic nitrogens is 2. The van der Waals surface area contributed by atoms with Crippen LogP contribution in [0, 0.1) is 0 Å². The summed E-state index contributed by atoms with van der Waals surface area (Å²) < 4.78 is 42.2. The molecule has 3 nitrogen and oxygen atoms in total. The van der Waals surface area contributed by atoms with E-state index in [0.717, 1.165) is 12.1 Å². The van der Waals surface area contributed by atoms with Crippen LogP contribution in [0.2, 0.25) is 5.28 Å². The summed E-state index contributed by atoms with van der Waals surface area (Å²) in [6.07, 6.45) is -1.71. The number of hydrogen-bond acceptors (Lipinski definition) is 3. The molecule has 0 fully saturated rings. The van der Waals surface area contributed by atoms with Crippen LogP contribution in [-0.4, -0.2) is 9.97 Å². The maximum atomic E-state index is 12.3. The van der Waals surface area contributed by atoms with Crippen LogP contribution in [0.1, 0.15) is 5.56 Å². The summed E-state index contributed by atoms with van der Waals surface area (Å²) in [7, 11) is 0. The first-order chi connectivity index (χ1) is 8.45. The van der Waals surface area contributed by atoms with E-state index in [-0.39, 0.29) is 11.0 Å². The zero-order valence-corrected chi connectivity index (χ0v) is 9.53. The van der Waals surface area contributed by atoms with E-state index >= 15 is 0 Å². The summed E-state index contributed by atoms with van der Waals surface area (Å²) >= 11 is 5.48. The van der Waals surface area contributed by atoms with Crippen LogP contribution in [0.3, 0.4) is 0 Å². The van der Waals surface area contributed by atoms with Crippen LogP contribution in [0.15, 0.2) is 36.7 Å². The zero-order chi connectivity index (χ0) is 13.2. The number of benzene rings is 1. The second-order valence-electron chi connectivity index (χ2n) is 3.31. The molecule has 1 heterocycles. The number of hydrogen-bond donors (Lipinski definition) is 0. The molecule has 0 aliphatic heterocycles. The minimum Gasteiger partial charge on any atom is -0.454 e. The van der Waals surface area contributed by atoms with Gasteiger partial charge in [0.05, 0.1) is 18.0 Å². The van der Waals surface area contributed by atoms with Crippen molar-refractivity contribution in [2.75, 3.05) is 0 Å². The Bertz CT molecular complexity index is 525. The van der Waals surface area contributed by atoms with Gasteiger partial charge in [-0.3, -0.25) is 0 Å². The van der Waals surface area contributed by atoms with Crippen LogP contribution in [0.25, 0.3) is 0 Å². The number of rotatable bonds is 2. The quantitative estimate of drug-likeness (QED) is 0.778. The van der Waals surface area contributed by atoms with Gasteiger partial charge in [-0.05, 0) is 35.9 Å². The first kappa shape index (κ1) is 12.6. The SMILES string of the molecule is FC(F)(F)c1ccc(Oc2cnc(Cl)nc2)cc1. The third-order valence-corrected chi connectivity index (χ3v) is 2.21. The lowest BCUT2D eigenvalue weighted by molar-refractivity contribution is -0.137. The van der Waals surface area contributed by atoms with Crippen molar-refractivity contribution in [2.24, 2.45) is 0 Å². The minimum atomic E-state index is -4.36. The van der Waals surface area contributed by atoms with Gasteiger partial charge in [0, 0.05) is 0 Å². The third kappa shape index (κ3) is 3.10. The van der Waals surface area contributed by atoms with E-state index in [2.05, 4.69) is 9.97 Å². The Hall–Kier alpha value is -1.82. The van der Waals surface area contributed by atoms with Crippen LogP contribution in [0.5, 0.6) is 11.5 Å². The van der Waals surface area contributed by atoms with Crippen LogP contribution in [-0.2, 0) is 6.18 Å². The molecular formula is C11H6ClF3N2O. The van der Waals surface area contributed by atoms with Crippen molar-refractivity contribution in [3.63, 3.8) is 0 Å². The summed E-state index contributed by atoms with van der Waals surface area (Å²) in [4.78, 5) is 7.36. The topological polar surface area (TPSA) is 35.0 Å². The lowest BCUT2D eigenvalue weighted by Crippen LogP contribution is -2.04. The molecular weight excluding hydrogens is 269 g/mol. The summed E-state index contributed by atoms with van der Waals surface area (Å²) in [6.45, 7) is 0. The first-order valence-corrected chi connectivity index (χ1v) is 5.15. The van der Waals surface area contributed by atoms with E-state index in [1.807, 2.05) is 0 Å². The van der Waals surface area contributed by atoms with E-state index in [1.54, 1.807) is 0 Å². The van der Waals surface area contributed by atoms with Crippen molar-refractivity contribution in [3.8, 4) is 11.5 Å². The Morgan fingerprint density at radius 1 is 0.944 bits per heavy atom. The van der Waals surface area contributed by atoms with Crippen molar-refractivity contribution >= 4 is 11.6 Å². The average molecular weight is 275 g/mol. The molecule has 18 heavy (non-hydrogen) atoms. The number of alkyl halides is 3. The molecule has 0 spiro atoms. The maximum absolute atomic E-state index is 12.3. The molecule has 0 bridgehead atoms. The Morgan fingerprint density at radius 2 is 1.50 bits per heavy atom. The largest absolute Gasteiger partial charge is 0.454 e. The molecule has 0 atom stereocenters. The lowest BCUT2D eigenvalue weighted by Gasteiger charge is -2.08. The lowest BCUT2D eigenvalue weighted by atomic mass is 10.2. The first-order valence-electron chi connectivity index (χ1n) is 4.78. The second-order valence-corrected chi connectivity index (χ2v) is 3.65. The second kappa shape index (κ2) is 4.81. The van der Waals surface area contributed by atoms with Crippen molar-refractivity contribution < 1.29 is 17.9 Å². The van der Waals surface area contributed by atoms with Crippen molar-refractivity contribution in [1.29, 1.82) is 0 Å². The van der Waals surface area contributed by atoms with Crippen LogP contribution < -0.4 is 4.74 Å². The summed E-state index contributed by atoms with van der Waals surface area (Å²) in [5.41, 5.74) is -0.734. The van der Waals surface area contributed by atoms with Gasteiger partial charge in [-0.15, -0.1) is 0 Å². The van der Waals surface area contributed by atoms with Gasteiger partial charge in [0.25, 0.3) is 0 Å². The predicted octanol–water partition coefficient (Wildman–Crippen LogP) is 3.94. The van der Waals surface area contributed by atoms with E-state index in [4.69, 9.17) is 16.3 Å². The van der Waals surface area contributed by atoms with Gasteiger partial charge in [0.15, 0.2) is 5.75 Å². The van der Waals surface area contributed by atoms with E-state index in [9.17, 15) is 13.2 Å². The van der Waals surface area contributed by atoms with Gasteiger partial charge < -0.3 is 4.74 Å². The highest BCUT2D eigenvalue weighted by Crippen LogP contribution is 2.31. The van der Waals surface area contributed by atoms with Gasteiger partial charge in [-0.25, -0.2) is 9.97 Å². The monoisotopic (exact) mass is 274 g/mol. The average Bonchev–Trinajstić information content (AvgIpc) is 2.32. The number of halogens is 4. The fourth-order valence-corrected chi connectivity index (χ4v) is 1.30. The normalized spacial score (nSPS) is 11.3. The van der Waals surface area contributed by atoms with E-state index < -0.39 is 11.7 Å². The Balaban J connectivity index is 2.13. The van der Waals surface area contributed by atoms with Gasteiger partial charge in [0.2, 0.25) is 5.28 Å². The standard InChI is InChI=1S/C11H6ClF3N2O/c12-10-16-5-9(6-17-10)18-8-3-1-7(2-4-8)11(13,14)15/h1-6H. The highest BCUT2D eigenvalue weighted by Gasteiger charge is 2.30. The van der Waals surface area contributed by atoms with Gasteiger partial charge in [0.1, 0.15) is 5.75 Å². The fourth-order valence-electron chi connectivity index (χ4n) is 1.20. The fraction of sp³-hybridized carbons (Fsp3) is 0.0909. The Kier molecular flexibility index (Phi) is 3.38. The summed E-state index contributed by atoms with van der Waals surface area (Å²) in [5, 5.41) is 0.0646. The predicted molar refractivity (Wildman–Crippen MR) is 58.6 cm³/mol. The summed E-state index contributed by atoms with van der Waals surface area (Å²) in [6, 6.07) is 4.31. The smallest absolute Gasteiger partial charge is 0.416 e. The molecule has 0 unspecified atom stereocenters. The molecule has 0 amide bonds. The van der Waals surface area contributed by atoms with Crippen molar-refractivity contribution in [3.05, 3.63) is 47.5 Å². The molecule has 7 heteroatoms. The molecule has 0 saturated carbocycles. The highest BCUT2D eigenvalue weighted by atomic mass is 35.5. The molecule has 2 rings (SSSR count). The maximum Gasteiger partial charge on any atom is 0.416 e. The zero-order valence-electron chi connectivity index (χ0n) is 8.78. The summed E-state index contributed by atoms with van der Waals surface area (Å²) in [5.74, 6) is 0.549. The van der Waals surface area contributed by atoms with E-state index in [0.29, 0.717) is 5.75 Å². The van der Waals surface area contributed by atoms with Gasteiger partial charge >= 0.3 is 6.18 Å². The Labute approximate surface area is 105 Å². The molecule has 0 aliphatic carbocycles. The van der Waals surface area contributed by atoms with Crippen molar-refractivity contribution in [2.45, 2.75) is 6.18 Å². The molecule has 94 valence electrons. The molecule has 2 aromatic rings. The molecule has 1 aromatic carbocycles. The molecule has 0 aliphatic rings. The van der Waals surface area contributed by atoms with Crippen LogP contribution in [0.4, 0.5) is 13.2 Å². The molecule has 0 saturated heterocycles. The number of nitrogens with zero attached hydrogens (tertiary/aromatic N) is 2. The molecule has 0 radical (unpaired) electrons. The van der Waals surface area contributed by atoms with Crippen molar-refractivity contribution in [1.82, 2.24) is 9.97 Å². The van der Waals surface area contributed by atoms with Gasteiger partial charge in [-0.2, -0.15) is 13.2 Å². The minimum absolute atomic E-state index is 0.0646. The highest BCUT2D eigenvalue weighted by molar-refractivity contribution is 6.28. The van der Waals surface area contributed by atoms with Gasteiger partial charge in [-0.1, -0.05) is 0 Å². The van der Waals surface area contributed by atoms with Crippen LogP contribution >= 0.6 is 11.6 Å². The van der Waals surface area contributed by atoms with E-state index in [1.165, 1.54) is 24.5 Å². The third-order valence-electron chi connectivity index (χ3n) is 2.01. The molecule has 0 N–H and O–H groups in total. The molecule has 1 aromatic heterocycles. The Morgan fingerprint density at radius 3 is 2.00 bits per heavy atom.